The van der Waals surface area contributed by atoms with E-state index in [4.69, 9.17) is 5.11 Å². The highest BCUT2D eigenvalue weighted by molar-refractivity contribution is 7.22. The van der Waals surface area contributed by atoms with Crippen LogP contribution in [0, 0.1) is 0 Å². The van der Waals surface area contributed by atoms with E-state index in [1.165, 1.54) is 10.1 Å². The maximum absolute atomic E-state index is 11.1. The Morgan fingerprint density at radius 2 is 1.92 bits per heavy atom. The van der Waals surface area contributed by atoms with E-state index in [2.05, 4.69) is 33.5 Å². The van der Waals surface area contributed by atoms with Gasteiger partial charge in [0, 0.05) is 16.6 Å². The van der Waals surface area contributed by atoms with Crippen LogP contribution in [0.4, 0.5) is 11.6 Å². The fourth-order valence-corrected chi connectivity index (χ4v) is 3.56. The molecule has 0 unspecified atom stereocenters. The second kappa shape index (κ2) is 6.33. The van der Waals surface area contributed by atoms with Crippen LogP contribution in [0.15, 0.2) is 66.9 Å². The fraction of sp³-hybridized carbons (Fsp3) is 0. The molecule has 0 fully saturated rings. The minimum atomic E-state index is -0.969. The summed E-state index contributed by atoms with van der Waals surface area (Å²) in [6, 6.07) is 18.7. The highest BCUT2D eigenvalue weighted by Gasteiger charge is 2.08. The summed E-state index contributed by atoms with van der Waals surface area (Å²) in [5.41, 5.74) is 1.67. The number of aromatic carboxylic acids is 1. The maximum atomic E-state index is 11.1. The maximum Gasteiger partial charge on any atom is 0.335 e. The van der Waals surface area contributed by atoms with Crippen molar-refractivity contribution < 1.29 is 9.90 Å². The summed E-state index contributed by atoms with van der Waals surface area (Å²) in [6.07, 6.45) is 1.69. The molecule has 0 aliphatic heterocycles. The van der Waals surface area contributed by atoms with Crippen molar-refractivity contribution in [1.29, 1.82) is 0 Å². The SMILES string of the molecule is O=C(O)c1cccc(Nc2nccc(-c3cc4ccccc4s3)n2)c1. The van der Waals surface area contributed by atoms with Crippen molar-refractivity contribution >= 4 is 39.0 Å². The molecule has 2 aromatic carbocycles. The standard InChI is InChI=1S/C19H13N3O2S/c23-18(24)13-5-3-6-14(10-13)21-19-20-9-8-15(22-19)17-11-12-4-1-2-7-16(12)25-17/h1-11H,(H,23,24)(H,20,21,22). The van der Waals surface area contributed by atoms with Crippen LogP contribution in [-0.2, 0) is 0 Å². The molecule has 0 atom stereocenters. The number of carbonyl (C=O) groups is 1. The first-order chi connectivity index (χ1) is 12.2. The molecule has 4 aromatic rings. The van der Waals surface area contributed by atoms with E-state index in [0.717, 1.165) is 10.6 Å². The Kier molecular flexibility index (Phi) is 3.87. The molecule has 0 radical (unpaired) electrons. The minimum Gasteiger partial charge on any atom is -0.478 e. The number of aromatic nitrogens is 2. The molecule has 0 spiro atoms. The van der Waals surface area contributed by atoms with E-state index in [-0.39, 0.29) is 5.56 Å². The zero-order valence-corrected chi connectivity index (χ0v) is 13.8. The van der Waals surface area contributed by atoms with E-state index in [1.54, 1.807) is 41.8 Å². The van der Waals surface area contributed by atoms with Gasteiger partial charge in [0.15, 0.2) is 0 Å². The molecule has 0 aliphatic rings. The van der Waals surface area contributed by atoms with E-state index >= 15 is 0 Å². The predicted octanol–water partition coefficient (Wildman–Crippen LogP) is 4.80. The number of carboxylic acid groups (broad SMARTS) is 1. The number of nitrogens with zero attached hydrogens (tertiary/aromatic N) is 2. The number of carboxylic acids is 1. The van der Waals surface area contributed by atoms with Gasteiger partial charge in [0.2, 0.25) is 5.95 Å². The van der Waals surface area contributed by atoms with Crippen LogP contribution in [0.2, 0.25) is 0 Å². The number of fused-ring (bicyclic) bond motifs is 1. The quantitative estimate of drug-likeness (QED) is 0.554. The molecule has 0 saturated heterocycles. The Balaban J connectivity index is 1.65. The third kappa shape index (κ3) is 3.20. The molecule has 0 aliphatic carbocycles. The summed E-state index contributed by atoms with van der Waals surface area (Å²) < 4.78 is 1.21. The normalized spacial score (nSPS) is 10.7. The molecule has 6 heteroatoms. The number of rotatable bonds is 4. The molecule has 25 heavy (non-hydrogen) atoms. The van der Waals surface area contributed by atoms with Crippen LogP contribution in [-0.4, -0.2) is 21.0 Å². The highest BCUT2D eigenvalue weighted by Crippen LogP contribution is 2.32. The molecule has 0 amide bonds. The number of hydrogen-bond donors (Lipinski definition) is 2. The monoisotopic (exact) mass is 347 g/mol. The van der Waals surface area contributed by atoms with E-state index in [0.29, 0.717) is 11.6 Å². The van der Waals surface area contributed by atoms with Gasteiger partial charge in [0.05, 0.1) is 16.1 Å². The van der Waals surface area contributed by atoms with Gasteiger partial charge in [-0.3, -0.25) is 0 Å². The van der Waals surface area contributed by atoms with Gasteiger partial charge in [-0.05, 0) is 41.8 Å². The molecule has 0 saturated carbocycles. The predicted molar refractivity (Wildman–Crippen MR) is 99.5 cm³/mol. The average molecular weight is 347 g/mol. The van der Waals surface area contributed by atoms with E-state index in [1.807, 2.05) is 18.2 Å². The molecular formula is C19H13N3O2S. The van der Waals surface area contributed by atoms with Crippen molar-refractivity contribution in [2.75, 3.05) is 5.32 Å². The van der Waals surface area contributed by atoms with Crippen molar-refractivity contribution in [3.63, 3.8) is 0 Å². The first kappa shape index (κ1) is 15.3. The lowest BCUT2D eigenvalue weighted by molar-refractivity contribution is 0.0697. The molecule has 2 aromatic heterocycles. The summed E-state index contributed by atoms with van der Waals surface area (Å²) >= 11 is 1.68. The van der Waals surface area contributed by atoms with Crippen LogP contribution in [0.25, 0.3) is 20.7 Å². The Bertz CT molecular complexity index is 1040. The highest BCUT2D eigenvalue weighted by atomic mass is 32.1. The summed E-state index contributed by atoms with van der Waals surface area (Å²) in [5, 5.41) is 13.3. The van der Waals surface area contributed by atoms with Gasteiger partial charge in [-0.15, -0.1) is 11.3 Å². The number of nitrogens with one attached hydrogen (secondary N) is 1. The Hall–Kier alpha value is -3.25. The van der Waals surface area contributed by atoms with Crippen molar-refractivity contribution in [2.24, 2.45) is 0 Å². The molecule has 122 valence electrons. The second-order valence-corrected chi connectivity index (χ2v) is 6.51. The van der Waals surface area contributed by atoms with Crippen LogP contribution in [0.3, 0.4) is 0 Å². The third-order valence-electron chi connectivity index (χ3n) is 3.70. The molecule has 5 nitrogen and oxygen atoms in total. The zero-order valence-electron chi connectivity index (χ0n) is 13.0. The molecule has 4 rings (SSSR count). The number of thiophene rings is 1. The first-order valence-electron chi connectivity index (χ1n) is 7.61. The zero-order chi connectivity index (χ0) is 17.2. The van der Waals surface area contributed by atoms with Crippen molar-refractivity contribution in [2.45, 2.75) is 0 Å². The smallest absolute Gasteiger partial charge is 0.335 e. The van der Waals surface area contributed by atoms with Crippen LogP contribution in [0.5, 0.6) is 0 Å². The average Bonchev–Trinajstić information content (AvgIpc) is 3.06. The third-order valence-corrected chi connectivity index (χ3v) is 4.84. The number of benzene rings is 2. The first-order valence-corrected chi connectivity index (χ1v) is 8.43. The van der Waals surface area contributed by atoms with Crippen molar-refractivity contribution in [3.05, 3.63) is 72.4 Å². The van der Waals surface area contributed by atoms with Gasteiger partial charge in [-0.2, -0.15) is 0 Å². The lowest BCUT2D eigenvalue weighted by atomic mass is 10.2. The van der Waals surface area contributed by atoms with Gasteiger partial charge in [-0.25, -0.2) is 14.8 Å². The molecular weight excluding hydrogens is 334 g/mol. The van der Waals surface area contributed by atoms with Gasteiger partial charge in [-0.1, -0.05) is 24.3 Å². The lowest BCUT2D eigenvalue weighted by Crippen LogP contribution is -2.00. The Labute approximate surface area is 147 Å². The topological polar surface area (TPSA) is 75.1 Å². The van der Waals surface area contributed by atoms with Crippen LogP contribution >= 0.6 is 11.3 Å². The largest absolute Gasteiger partial charge is 0.478 e. The summed E-state index contributed by atoms with van der Waals surface area (Å²) in [4.78, 5) is 20.9. The Morgan fingerprint density at radius 1 is 1.04 bits per heavy atom. The molecule has 2 N–H and O–H groups in total. The van der Waals surface area contributed by atoms with Crippen LogP contribution in [0.1, 0.15) is 10.4 Å². The van der Waals surface area contributed by atoms with Crippen molar-refractivity contribution in [3.8, 4) is 10.6 Å². The lowest BCUT2D eigenvalue weighted by Gasteiger charge is -2.06. The number of anilines is 2. The van der Waals surface area contributed by atoms with E-state index in [9.17, 15) is 4.79 Å². The molecule has 0 bridgehead atoms. The van der Waals surface area contributed by atoms with Gasteiger partial charge < -0.3 is 10.4 Å². The molecule has 2 heterocycles. The van der Waals surface area contributed by atoms with E-state index < -0.39 is 5.97 Å². The van der Waals surface area contributed by atoms with Gasteiger partial charge in [0.1, 0.15) is 0 Å². The van der Waals surface area contributed by atoms with Crippen molar-refractivity contribution in [1.82, 2.24) is 9.97 Å². The second-order valence-electron chi connectivity index (χ2n) is 5.42. The van der Waals surface area contributed by atoms with Crippen LogP contribution < -0.4 is 5.32 Å². The summed E-state index contributed by atoms with van der Waals surface area (Å²) in [7, 11) is 0. The number of hydrogen-bond acceptors (Lipinski definition) is 5. The summed E-state index contributed by atoms with van der Waals surface area (Å²) in [6.45, 7) is 0. The fourth-order valence-electron chi connectivity index (χ4n) is 2.52. The van der Waals surface area contributed by atoms with Gasteiger partial charge >= 0.3 is 5.97 Å². The minimum absolute atomic E-state index is 0.214. The van der Waals surface area contributed by atoms with Gasteiger partial charge in [0.25, 0.3) is 0 Å². The Morgan fingerprint density at radius 3 is 2.76 bits per heavy atom. The summed E-state index contributed by atoms with van der Waals surface area (Å²) in [5.74, 6) is -0.541.